The fourth-order valence-corrected chi connectivity index (χ4v) is 2.98. The molecule has 6 heteroatoms. The molecule has 0 radical (unpaired) electrons. The molecule has 0 bridgehead atoms. The topological polar surface area (TPSA) is 64.8 Å². The number of aromatic nitrogens is 1. The zero-order valence-corrected chi connectivity index (χ0v) is 15.4. The monoisotopic (exact) mass is 356 g/mol. The highest BCUT2D eigenvalue weighted by molar-refractivity contribution is 5.92. The zero-order valence-electron chi connectivity index (χ0n) is 15.4. The van der Waals surface area contributed by atoms with Gasteiger partial charge in [0.25, 0.3) is 0 Å². The lowest BCUT2D eigenvalue weighted by atomic mass is 10.1. The highest BCUT2D eigenvalue weighted by atomic mass is 16.5. The predicted molar refractivity (Wildman–Crippen MR) is 98.2 cm³/mol. The van der Waals surface area contributed by atoms with Gasteiger partial charge in [-0.25, -0.2) is 0 Å². The van der Waals surface area contributed by atoms with Crippen LogP contribution in [0.2, 0.25) is 0 Å². The van der Waals surface area contributed by atoms with Gasteiger partial charge in [0.1, 0.15) is 12.4 Å². The third kappa shape index (κ3) is 4.07. The third-order valence-corrected chi connectivity index (χ3v) is 4.58. The van der Waals surface area contributed by atoms with E-state index in [9.17, 15) is 4.79 Å². The molecule has 1 saturated heterocycles. The zero-order chi connectivity index (χ0) is 18.5. The lowest BCUT2D eigenvalue weighted by molar-refractivity contribution is -0.124. The van der Waals surface area contributed by atoms with E-state index < -0.39 is 0 Å². The number of hydrogen-bond donors (Lipinski definition) is 0. The van der Waals surface area contributed by atoms with Crippen LogP contribution >= 0.6 is 0 Å². The van der Waals surface area contributed by atoms with Crippen LogP contribution in [0.1, 0.15) is 35.4 Å². The van der Waals surface area contributed by atoms with Gasteiger partial charge in [-0.05, 0) is 50.5 Å². The van der Waals surface area contributed by atoms with Gasteiger partial charge in [-0.3, -0.25) is 4.79 Å². The van der Waals surface area contributed by atoms with Crippen LogP contribution in [0.5, 0.6) is 11.5 Å². The average Bonchev–Trinajstić information content (AvgIpc) is 3.29. The van der Waals surface area contributed by atoms with Crippen molar-refractivity contribution in [2.45, 2.75) is 33.3 Å². The van der Waals surface area contributed by atoms with Crippen molar-refractivity contribution in [3.63, 3.8) is 0 Å². The first kappa shape index (κ1) is 18.0. The molecular formula is C20H24N2O4. The normalized spacial score (nSPS) is 14.2. The van der Waals surface area contributed by atoms with Crippen LogP contribution in [0.25, 0.3) is 6.08 Å². The number of rotatable bonds is 6. The van der Waals surface area contributed by atoms with E-state index in [1.54, 1.807) is 19.3 Å². The van der Waals surface area contributed by atoms with Crippen LogP contribution in [0, 0.1) is 13.8 Å². The maximum atomic E-state index is 12.1. The lowest BCUT2D eigenvalue weighted by Gasteiger charge is -2.12. The second-order valence-electron chi connectivity index (χ2n) is 6.37. The van der Waals surface area contributed by atoms with E-state index in [1.165, 1.54) is 0 Å². The number of carbonyl (C=O) groups excluding carboxylic acids is 1. The molecule has 0 saturated carbocycles. The lowest BCUT2D eigenvalue weighted by Crippen LogP contribution is -2.25. The van der Waals surface area contributed by atoms with E-state index in [2.05, 4.69) is 5.16 Å². The molecule has 0 atom stereocenters. The van der Waals surface area contributed by atoms with Gasteiger partial charge in [0.15, 0.2) is 11.5 Å². The van der Waals surface area contributed by atoms with E-state index in [-0.39, 0.29) is 5.91 Å². The van der Waals surface area contributed by atoms with E-state index in [1.807, 2.05) is 36.9 Å². The predicted octanol–water partition coefficient (Wildman–Crippen LogP) is 3.51. The first-order chi connectivity index (χ1) is 12.6. The van der Waals surface area contributed by atoms with Crippen molar-refractivity contribution in [3.8, 4) is 11.5 Å². The molecule has 1 aliphatic heterocycles. The number of ether oxygens (including phenoxy) is 2. The van der Waals surface area contributed by atoms with Crippen LogP contribution < -0.4 is 9.47 Å². The van der Waals surface area contributed by atoms with Gasteiger partial charge in [-0.1, -0.05) is 11.2 Å². The van der Waals surface area contributed by atoms with Crippen LogP contribution in [0.3, 0.4) is 0 Å². The SMILES string of the molecule is COc1cc(C=CC(=O)N2CCCC2)ccc1OCc1c(C)noc1C. The Morgan fingerprint density at radius 3 is 2.69 bits per heavy atom. The molecule has 1 amide bonds. The maximum absolute atomic E-state index is 12.1. The fraction of sp³-hybridized carbons (Fsp3) is 0.400. The molecular weight excluding hydrogens is 332 g/mol. The molecule has 6 nitrogen and oxygen atoms in total. The summed E-state index contributed by atoms with van der Waals surface area (Å²) in [5.74, 6) is 2.06. The van der Waals surface area contributed by atoms with Crippen LogP contribution in [-0.4, -0.2) is 36.2 Å². The largest absolute Gasteiger partial charge is 0.493 e. The molecule has 1 aromatic heterocycles. The smallest absolute Gasteiger partial charge is 0.246 e. The highest BCUT2D eigenvalue weighted by Crippen LogP contribution is 2.30. The quantitative estimate of drug-likeness (QED) is 0.741. The van der Waals surface area contributed by atoms with Crippen LogP contribution in [0.15, 0.2) is 28.8 Å². The summed E-state index contributed by atoms with van der Waals surface area (Å²) in [6.45, 7) is 5.81. The first-order valence-corrected chi connectivity index (χ1v) is 8.78. The average molecular weight is 356 g/mol. The molecule has 1 aliphatic rings. The summed E-state index contributed by atoms with van der Waals surface area (Å²) in [6, 6.07) is 5.60. The van der Waals surface area contributed by atoms with Gasteiger partial charge in [-0.2, -0.15) is 0 Å². The summed E-state index contributed by atoms with van der Waals surface area (Å²) in [5.41, 5.74) is 2.65. The van der Waals surface area contributed by atoms with Crippen molar-refractivity contribution < 1.29 is 18.8 Å². The first-order valence-electron chi connectivity index (χ1n) is 8.78. The Hall–Kier alpha value is -2.76. The van der Waals surface area contributed by atoms with Crippen molar-refractivity contribution in [1.29, 1.82) is 0 Å². The summed E-state index contributed by atoms with van der Waals surface area (Å²) in [7, 11) is 1.60. The summed E-state index contributed by atoms with van der Waals surface area (Å²) in [6.07, 6.45) is 5.60. The molecule has 2 heterocycles. The minimum atomic E-state index is 0.0557. The molecule has 2 aromatic rings. The molecule has 0 aliphatic carbocycles. The number of benzene rings is 1. The van der Waals surface area contributed by atoms with Crippen molar-refractivity contribution >= 4 is 12.0 Å². The van der Waals surface area contributed by atoms with Crippen molar-refractivity contribution in [1.82, 2.24) is 10.1 Å². The minimum Gasteiger partial charge on any atom is -0.493 e. The summed E-state index contributed by atoms with van der Waals surface area (Å²) in [4.78, 5) is 14.0. The van der Waals surface area contributed by atoms with Crippen LogP contribution in [-0.2, 0) is 11.4 Å². The molecule has 26 heavy (non-hydrogen) atoms. The number of nitrogens with zero attached hydrogens (tertiary/aromatic N) is 2. The molecule has 0 unspecified atom stereocenters. The Labute approximate surface area is 153 Å². The van der Waals surface area contributed by atoms with E-state index in [0.717, 1.165) is 48.5 Å². The molecule has 138 valence electrons. The summed E-state index contributed by atoms with van der Waals surface area (Å²) in [5, 5.41) is 3.93. The standard InChI is InChI=1S/C20H24N2O4/c1-14-17(15(2)26-21-14)13-25-18-8-6-16(12-19(18)24-3)7-9-20(23)22-10-4-5-11-22/h6-9,12H,4-5,10-11,13H2,1-3H3. The fourth-order valence-electron chi connectivity index (χ4n) is 2.98. The van der Waals surface area contributed by atoms with E-state index in [0.29, 0.717) is 18.1 Å². The van der Waals surface area contributed by atoms with Gasteiger partial charge in [0, 0.05) is 19.2 Å². The number of carbonyl (C=O) groups is 1. The van der Waals surface area contributed by atoms with Crippen LogP contribution in [0.4, 0.5) is 0 Å². The van der Waals surface area contributed by atoms with Crippen molar-refractivity contribution in [2.24, 2.45) is 0 Å². The molecule has 1 aromatic carbocycles. The number of amides is 1. The van der Waals surface area contributed by atoms with Gasteiger partial charge >= 0.3 is 0 Å². The minimum absolute atomic E-state index is 0.0557. The molecule has 3 rings (SSSR count). The Bertz CT molecular complexity index is 785. The number of hydrogen-bond acceptors (Lipinski definition) is 5. The summed E-state index contributed by atoms with van der Waals surface area (Å²) >= 11 is 0. The Balaban J connectivity index is 1.68. The second kappa shape index (κ2) is 8.08. The Kier molecular flexibility index (Phi) is 5.61. The maximum Gasteiger partial charge on any atom is 0.246 e. The molecule has 1 fully saturated rings. The van der Waals surface area contributed by atoms with E-state index >= 15 is 0 Å². The third-order valence-electron chi connectivity index (χ3n) is 4.58. The van der Waals surface area contributed by atoms with Gasteiger partial charge in [-0.15, -0.1) is 0 Å². The number of aryl methyl sites for hydroxylation is 2. The van der Waals surface area contributed by atoms with Crippen molar-refractivity contribution in [2.75, 3.05) is 20.2 Å². The number of likely N-dealkylation sites (tertiary alicyclic amines) is 1. The molecule has 0 spiro atoms. The Morgan fingerprint density at radius 2 is 2.04 bits per heavy atom. The van der Waals surface area contributed by atoms with Gasteiger partial charge < -0.3 is 18.9 Å². The second-order valence-corrected chi connectivity index (χ2v) is 6.37. The van der Waals surface area contributed by atoms with E-state index in [4.69, 9.17) is 14.0 Å². The number of methoxy groups -OCH3 is 1. The Morgan fingerprint density at radius 1 is 1.27 bits per heavy atom. The van der Waals surface area contributed by atoms with Crippen molar-refractivity contribution in [3.05, 3.63) is 46.9 Å². The van der Waals surface area contributed by atoms with Gasteiger partial charge in [0.05, 0.1) is 18.4 Å². The van der Waals surface area contributed by atoms with Gasteiger partial charge in [0.2, 0.25) is 5.91 Å². The summed E-state index contributed by atoms with van der Waals surface area (Å²) < 4.78 is 16.5. The highest BCUT2D eigenvalue weighted by Gasteiger charge is 2.15. The molecule has 0 N–H and O–H groups in total.